The lowest BCUT2D eigenvalue weighted by atomic mass is 10.2. The molecule has 0 amide bonds. The molecule has 4 aromatic heterocycles. The molecule has 4 rings (SSSR count). The van der Waals surface area contributed by atoms with Crippen molar-refractivity contribution in [2.45, 2.75) is 5.25 Å². The summed E-state index contributed by atoms with van der Waals surface area (Å²) in [7, 11) is 1.88. The van der Waals surface area contributed by atoms with Crippen LogP contribution in [0.4, 0.5) is 0 Å². The van der Waals surface area contributed by atoms with E-state index >= 15 is 0 Å². The summed E-state index contributed by atoms with van der Waals surface area (Å²) in [5, 5.41) is 15.9. The first-order valence-corrected chi connectivity index (χ1v) is 8.54. The third kappa shape index (κ3) is 2.61. The largest absolute Gasteiger partial charge is 0.337 e. The maximum absolute atomic E-state index is 5.35. The molecule has 0 spiro atoms. The first-order chi connectivity index (χ1) is 11.7. The topological polar surface area (TPSA) is 82.5 Å². The van der Waals surface area contributed by atoms with Gasteiger partial charge in [-0.1, -0.05) is 5.16 Å². The lowest BCUT2D eigenvalue weighted by Gasteiger charge is -2.06. The summed E-state index contributed by atoms with van der Waals surface area (Å²) in [4.78, 5) is 8.43. The van der Waals surface area contributed by atoms with Crippen LogP contribution in [0.15, 0.2) is 45.9 Å². The lowest BCUT2D eigenvalue weighted by molar-refractivity contribution is 0.381. The van der Waals surface area contributed by atoms with Gasteiger partial charge in [-0.15, -0.1) is 10.2 Å². The normalized spacial score (nSPS) is 12.4. The molecule has 24 heavy (non-hydrogen) atoms. The van der Waals surface area contributed by atoms with E-state index in [0.29, 0.717) is 17.5 Å². The molecule has 0 bridgehead atoms. The fourth-order valence-corrected chi connectivity index (χ4v) is 3.26. The van der Waals surface area contributed by atoms with Gasteiger partial charge in [-0.25, -0.2) is 0 Å². The highest BCUT2D eigenvalue weighted by atomic mass is 32.1. The SMILES string of the molecule is Cn1c(-c2ccncc2)nnc1C(S)c1nc(-c2ccsc2)no1. The Balaban J connectivity index is 1.66. The predicted molar refractivity (Wildman–Crippen MR) is 92.7 cm³/mol. The number of pyridine rings is 1. The molecule has 1 atom stereocenters. The van der Waals surface area contributed by atoms with Gasteiger partial charge in [-0.2, -0.15) is 28.9 Å². The molecule has 0 fully saturated rings. The fraction of sp³-hybridized carbons (Fsp3) is 0.133. The second kappa shape index (κ2) is 6.17. The highest BCUT2D eigenvalue weighted by Gasteiger charge is 2.24. The molecule has 0 aromatic carbocycles. The zero-order valence-electron chi connectivity index (χ0n) is 12.6. The van der Waals surface area contributed by atoms with Crippen LogP contribution in [0.25, 0.3) is 22.8 Å². The zero-order valence-corrected chi connectivity index (χ0v) is 14.3. The van der Waals surface area contributed by atoms with Crippen molar-refractivity contribution in [1.82, 2.24) is 29.9 Å². The van der Waals surface area contributed by atoms with Gasteiger partial charge in [0.2, 0.25) is 11.7 Å². The van der Waals surface area contributed by atoms with Gasteiger partial charge in [0.25, 0.3) is 0 Å². The van der Waals surface area contributed by atoms with Gasteiger partial charge in [0.1, 0.15) is 5.25 Å². The molecule has 4 heterocycles. The van der Waals surface area contributed by atoms with Gasteiger partial charge < -0.3 is 9.09 Å². The van der Waals surface area contributed by atoms with Crippen molar-refractivity contribution in [1.29, 1.82) is 0 Å². The minimum absolute atomic E-state index is 0.385. The molecule has 7 nitrogen and oxygen atoms in total. The molecule has 4 aromatic rings. The third-order valence-electron chi connectivity index (χ3n) is 3.55. The molecular weight excluding hydrogens is 344 g/mol. The van der Waals surface area contributed by atoms with E-state index in [1.807, 2.05) is 40.6 Å². The number of nitrogens with zero attached hydrogens (tertiary/aromatic N) is 6. The Morgan fingerprint density at radius 2 is 2.00 bits per heavy atom. The van der Waals surface area contributed by atoms with Crippen LogP contribution in [0.2, 0.25) is 0 Å². The van der Waals surface area contributed by atoms with E-state index < -0.39 is 5.25 Å². The Morgan fingerprint density at radius 1 is 1.17 bits per heavy atom. The second-order valence-corrected chi connectivity index (χ2v) is 6.34. The predicted octanol–water partition coefficient (Wildman–Crippen LogP) is 3.01. The van der Waals surface area contributed by atoms with Crippen LogP contribution in [-0.4, -0.2) is 29.9 Å². The summed E-state index contributed by atoms with van der Waals surface area (Å²) in [5.41, 5.74) is 1.85. The highest BCUT2D eigenvalue weighted by molar-refractivity contribution is 7.80. The fourth-order valence-electron chi connectivity index (χ4n) is 2.30. The zero-order chi connectivity index (χ0) is 16.5. The molecule has 0 aliphatic heterocycles. The smallest absolute Gasteiger partial charge is 0.247 e. The van der Waals surface area contributed by atoms with Crippen molar-refractivity contribution in [3.8, 4) is 22.8 Å². The average Bonchev–Trinajstić information content (AvgIpc) is 3.35. The molecule has 0 aliphatic rings. The minimum Gasteiger partial charge on any atom is -0.337 e. The first-order valence-electron chi connectivity index (χ1n) is 7.08. The first kappa shape index (κ1) is 15.0. The number of aromatic nitrogens is 6. The Labute approximate surface area is 146 Å². The molecule has 1 unspecified atom stereocenters. The van der Waals surface area contributed by atoms with Crippen LogP contribution in [-0.2, 0) is 7.05 Å². The van der Waals surface area contributed by atoms with E-state index in [0.717, 1.165) is 17.0 Å². The summed E-state index contributed by atoms with van der Waals surface area (Å²) in [5.74, 6) is 2.29. The Kier molecular flexibility index (Phi) is 3.87. The number of rotatable bonds is 4. The van der Waals surface area contributed by atoms with Gasteiger partial charge >= 0.3 is 0 Å². The van der Waals surface area contributed by atoms with Crippen molar-refractivity contribution >= 4 is 24.0 Å². The van der Waals surface area contributed by atoms with Gasteiger partial charge in [0, 0.05) is 35.9 Å². The number of thiophene rings is 1. The minimum atomic E-state index is -0.460. The van der Waals surface area contributed by atoms with Gasteiger partial charge in [0.05, 0.1) is 0 Å². The van der Waals surface area contributed by atoms with E-state index in [1.165, 1.54) is 0 Å². The maximum atomic E-state index is 5.35. The average molecular weight is 356 g/mol. The van der Waals surface area contributed by atoms with E-state index in [2.05, 4.69) is 38.0 Å². The Hall–Kier alpha value is -2.52. The van der Waals surface area contributed by atoms with Crippen molar-refractivity contribution in [2.75, 3.05) is 0 Å². The van der Waals surface area contributed by atoms with Crippen molar-refractivity contribution in [2.24, 2.45) is 7.05 Å². The van der Waals surface area contributed by atoms with E-state index in [4.69, 9.17) is 4.52 Å². The molecule has 0 N–H and O–H groups in total. The second-order valence-electron chi connectivity index (χ2n) is 5.05. The highest BCUT2D eigenvalue weighted by Crippen LogP contribution is 2.29. The Bertz CT molecular complexity index is 948. The molecule has 120 valence electrons. The number of hydrogen-bond acceptors (Lipinski definition) is 8. The van der Waals surface area contributed by atoms with Gasteiger partial charge in [-0.3, -0.25) is 4.98 Å². The summed E-state index contributed by atoms with van der Waals surface area (Å²) in [6.07, 6.45) is 3.43. The maximum Gasteiger partial charge on any atom is 0.247 e. The van der Waals surface area contributed by atoms with Crippen molar-refractivity contribution < 1.29 is 4.52 Å². The van der Waals surface area contributed by atoms with Gasteiger partial charge in [-0.05, 0) is 23.6 Å². The van der Waals surface area contributed by atoms with Crippen LogP contribution in [0.5, 0.6) is 0 Å². The molecule has 0 aliphatic carbocycles. The summed E-state index contributed by atoms with van der Waals surface area (Å²) in [6, 6.07) is 5.70. The van der Waals surface area contributed by atoms with Gasteiger partial charge in [0.15, 0.2) is 11.6 Å². The molecular formula is C15H12N6OS2. The third-order valence-corrected chi connectivity index (χ3v) is 4.68. The summed E-state index contributed by atoms with van der Waals surface area (Å²) < 4.78 is 7.21. The number of hydrogen-bond donors (Lipinski definition) is 1. The molecule has 0 saturated heterocycles. The molecule has 9 heteroatoms. The van der Waals surface area contributed by atoms with Crippen LogP contribution in [0, 0.1) is 0 Å². The Morgan fingerprint density at radius 3 is 2.75 bits per heavy atom. The quantitative estimate of drug-likeness (QED) is 0.566. The molecule has 0 saturated carbocycles. The monoisotopic (exact) mass is 356 g/mol. The van der Waals surface area contributed by atoms with E-state index in [1.54, 1.807) is 23.7 Å². The number of thiol groups is 1. The van der Waals surface area contributed by atoms with Crippen LogP contribution < -0.4 is 0 Å². The van der Waals surface area contributed by atoms with E-state index in [-0.39, 0.29) is 0 Å². The van der Waals surface area contributed by atoms with Crippen molar-refractivity contribution in [3.05, 3.63) is 53.1 Å². The van der Waals surface area contributed by atoms with Crippen LogP contribution in [0.3, 0.4) is 0 Å². The lowest BCUT2D eigenvalue weighted by Crippen LogP contribution is -2.04. The van der Waals surface area contributed by atoms with Crippen LogP contribution >= 0.6 is 24.0 Å². The molecule has 0 radical (unpaired) electrons. The standard InChI is InChI=1S/C15H12N6OS2/c1-21-13(9-2-5-16-6-3-9)18-19-14(21)11(23)15-17-12(20-22-15)10-4-7-24-8-10/h2-8,11,23H,1H3. The summed E-state index contributed by atoms with van der Waals surface area (Å²) >= 11 is 6.17. The van der Waals surface area contributed by atoms with E-state index in [9.17, 15) is 0 Å². The summed E-state index contributed by atoms with van der Waals surface area (Å²) in [6.45, 7) is 0. The van der Waals surface area contributed by atoms with Crippen LogP contribution in [0.1, 0.15) is 17.0 Å². The van der Waals surface area contributed by atoms with Crippen molar-refractivity contribution in [3.63, 3.8) is 0 Å².